The van der Waals surface area contributed by atoms with Crippen LogP contribution in [-0.4, -0.2) is 113 Å². The number of hydrogen-bond donors (Lipinski definition) is 8. The van der Waals surface area contributed by atoms with Gasteiger partial charge < -0.3 is 55.1 Å². The van der Waals surface area contributed by atoms with Crippen LogP contribution < -0.4 is 0 Å². The first-order valence-corrected chi connectivity index (χ1v) is 8.21. The molecule has 1 unspecified atom stereocenters. The highest BCUT2D eigenvalue weighted by Crippen LogP contribution is 2.43. The predicted molar refractivity (Wildman–Crippen MR) is 81.6 cm³/mol. The van der Waals surface area contributed by atoms with Crippen molar-refractivity contribution in [3.05, 3.63) is 0 Å². The van der Waals surface area contributed by atoms with E-state index in [1.807, 2.05) is 0 Å². The summed E-state index contributed by atoms with van der Waals surface area (Å²) in [7, 11) is 0. The molecule has 2 aliphatic heterocycles. The van der Waals surface area contributed by atoms with Crippen LogP contribution in [0.3, 0.4) is 0 Å². The van der Waals surface area contributed by atoms with Crippen molar-refractivity contribution in [3.8, 4) is 0 Å². The van der Waals surface area contributed by atoms with Crippen molar-refractivity contribution in [2.75, 3.05) is 19.8 Å². The molecule has 24 heavy (non-hydrogen) atoms. The summed E-state index contributed by atoms with van der Waals surface area (Å²) in [4.78, 5) is 0. The van der Waals surface area contributed by atoms with Crippen LogP contribution in [0.1, 0.15) is 0 Å². The molecule has 2 fully saturated rings. The van der Waals surface area contributed by atoms with E-state index in [0.29, 0.717) is 0 Å². The van der Waals surface area contributed by atoms with Gasteiger partial charge in [0.1, 0.15) is 49.3 Å². The number of halogens is 1. The van der Waals surface area contributed by atoms with Gasteiger partial charge in [0, 0.05) is 0 Å². The van der Waals surface area contributed by atoms with Crippen molar-refractivity contribution < 1.29 is 55.1 Å². The minimum Gasteiger partial charge on any atom is -0.394 e. The monoisotopic (exact) mass is 468 g/mol. The zero-order chi connectivity index (χ0) is 18.3. The predicted octanol–water partition coefficient (Wildman–Crippen LogP) is -4.63. The normalized spacial score (nSPS) is 52.6. The lowest BCUT2D eigenvalue weighted by atomic mass is 9.99. The average Bonchev–Trinajstić information content (AvgIpc) is 2.81. The zero-order valence-corrected chi connectivity index (χ0v) is 14.5. The van der Waals surface area contributed by atoms with Crippen LogP contribution in [0.2, 0.25) is 0 Å². The van der Waals surface area contributed by atoms with Crippen molar-refractivity contribution in [1.82, 2.24) is 0 Å². The zero-order valence-electron chi connectivity index (χ0n) is 12.3. The van der Waals surface area contributed by atoms with Crippen LogP contribution in [0.15, 0.2) is 0 Å². The van der Waals surface area contributed by atoms with E-state index < -0.39 is 72.1 Å². The fourth-order valence-electron chi connectivity index (χ4n) is 2.67. The van der Waals surface area contributed by atoms with Crippen molar-refractivity contribution in [2.45, 2.75) is 52.3 Å². The Morgan fingerprint density at radius 1 is 0.792 bits per heavy atom. The van der Waals surface area contributed by atoms with Crippen LogP contribution in [0.4, 0.5) is 0 Å². The Labute approximate surface area is 150 Å². The molecule has 0 radical (unpaired) electrons. The molecule has 0 aromatic rings. The number of hydrogen-bond acceptors (Lipinski definition) is 11. The molecular formula is C12H21IO11. The van der Waals surface area contributed by atoms with Crippen LogP contribution >= 0.6 is 22.6 Å². The van der Waals surface area contributed by atoms with Crippen molar-refractivity contribution in [1.29, 1.82) is 0 Å². The standard InChI is InChI=1S/C12H21IO11/c13-12(10(21)8(19)6(17)4(1-14)23-12)24-11(3-16)9(20)7(18)5(2-15)22-11/h4-10,14-21H,1-3H2/t4-,5-,6-,7-,8+,9+,10-,11?,12-/m1/s1. The largest absolute Gasteiger partial charge is 0.394 e. The van der Waals surface area contributed by atoms with Gasteiger partial charge in [0.05, 0.1) is 13.2 Å². The molecule has 12 heteroatoms. The van der Waals surface area contributed by atoms with E-state index in [0.717, 1.165) is 0 Å². The summed E-state index contributed by atoms with van der Waals surface area (Å²) >= 11 is 1.42. The Hall–Kier alpha value is 0.290. The number of aliphatic hydroxyl groups is 8. The lowest BCUT2D eigenvalue weighted by Gasteiger charge is -2.48. The lowest BCUT2D eigenvalue weighted by molar-refractivity contribution is -0.391. The first-order valence-electron chi connectivity index (χ1n) is 7.13. The molecule has 2 heterocycles. The summed E-state index contributed by atoms with van der Waals surface area (Å²) in [6, 6.07) is 0. The summed E-state index contributed by atoms with van der Waals surface area (Å²) in [6.07, 6.45) is -11.2. The van der Waals surface area contributed by atoms with Gasteiger partial charge in [0.25, 0.3) is 3.79 Å². The molecule has 0 aliphatic carbocycles. The molecule has 0 saturated carbocycles. The Kier molecular flexibility index (Phi) is 6.43. The van der Waals surface area contributed by atoms with E-state index >= 15 is 0 Å². The maximum Gasteiger partial charge on any atom is 0.254 e. The maximum atomic E-state index is 10.1. The summed E-state index contributed by atoms with van der Waals surface area (Å²) in [5, 5.41) is 77.7. The quantitative estimate of drug-likeness (QED) is 0.143. The second kappa shape index (κ2) is 7.50. The average molecular weight is 468 g/mol. The third kappa shape index (κ3) is 3.30. The summed E-state index contributed by atoms with van der Waals surface area (Å²) in [5.74, 6) is -2.27. The van der Waals surface area contributed by atoms with E-state index in [4.69, 9.17) is 19.3 Å². The summed E-state index contributed by atoms with van der Waals surface area (Å²) < 4.78 is 13.7. The fraction of sp³-hybridized carbons (Fsp3) is 1.00. The Morgan fingerprint density at radius 3 is 1.79 bits per heavy atom. The second-order valence-electron chi connectivity index (χ2n) is 5.69. The van der Waals surface area contributed by atoms with E-state index in [1.165, 1.54) is 22.6 Å². The van der Waals surface area contributed by atoms with Crippen LogP contribution in [0.5, 0.6) is 0 Å². The van der Waals surface area contributed by atoms with Crippen molar-refractivity contribution in [2.24, 2.45) is 0 Å². The molecule has 2 aliphatic rings. The Morgan fingerprint density at radius 2 is 1.33 bits per heavy atom. The topological polar surface area (TPSA) is 190 Å². The van der Waals surface area contributed by atoms with Gasteiger partial charge in [0.15, 0.2) is 0 Å². The molecule has 2 rings (SSSR count). The Bertz CT molecular complexity index is 439. The molecule has 0 spiro atoms. The van der Waals surface area contributed by atoms with Crippen LogP contribution in [0, 0.1) is 0 Å². The van der Waals surface area contributed by atoms with E-state index in [1.54, 1.807) is 0 Å². The first kappa shape index (κ1) is 20.6. The van der Waals surface area contributed by atoms with Crippen molar-refractivity contribution in [3.63, 3.8) is 0 Å². The number of rotatable bonds is 5. The van der Waals surface area contributed by atoms with Crippen LogP contribution in [0.25, 0.3) is 0 Å². The third-order valence-corrected chi connectivity index (χ3v) is 5.23. The first-order chi connectivity index (χ1) is 11.2. The smallest absolute Gasteiger partial charge is 0.254 e. The van der Waals surface area contributed by atoms with E-state index in [9.17, 15) is 35.7 Å². The minimum atomic E-state index is -2.27. The van der Waals surface area contributed by atoms with Gasteiger partial charge in [-0.1, -0.05) is 0 Å². The molecule has 0 bridgehead atoms. The highest BCUT2D eigenvalue weighted by molar-refractivity contribution is 14.1. The molecule has 11 nitrogen and oxygen atoms in total. The SMILES string of the molecule is OC[C@H]1OC(CO)(O[C@]2(I)O[C@H](CO)[C@@H](O)[C@H](O)[C@H]2O)[C@@H](O)[C@@H]1O. The van der Waals surface area contributed by atoms with Gasteiger partial charge in [-0.25, -0.2) is 0 Å². The molecule has 9 atom stereocenters. The van der Waals surface area contributed by atoms with Crippen LogP contribution in [-0.2, 0) is 14.2 Å². The number of ether oxygens (including phenoxy) is 3. The Balaban J connectivity index is 2.29. The van der Waals surface area contributed by atoms with E-state index in [-0.39, 0.29) is 0 Å². The highest BCUT2D eigenvalue weighted by atomic mass is 127. The van der Waals surface area contributed by atoms with Crippen molar-refractivity contribution >= 4 is 22.6 Å². The van der Waals surface area contributed by atoms with Gasteiger partial charge in [-0.05, 0) is 22.6 Å². The third-order valence-electron chi connectivity index (χ3n) is 4.12. The highest BCUT2D eigenvalue weighted by Gasteiger charge is 2.62. The molecule has 2 saturated heterocycles. The maximum absolute atomic E-state index is 10.1. The molecule has 142 valence electrons. The molecule has 0 aromatic heterocycles. The second-order valence-corrected chi connectivity index (χ2v) is 7.20. The molecular weight excluding hydrogens is 447 g/mol. The summed E-state index contributed by atoms with van der Waals surface area (Å²) in [6.45, 7) is -2.37. The van der Waals surface area contributed by atoms with E-state index in [2.05, 4.69) is 0 Å². The summed E-state index contributed by atoms with van der Waals surface area (Å²) in [5.41, 5.74) is 0. The van der Waals surface area contributed by atoms with Gasteiger partial charge in [-0.3, -0.25) is 0 Å². The van der Waals surface area contributed by atoms with Gasteiger partial charge in [0.2, 0.25) is 5.79 Å². The lowest BCUT2D eigenvalue weighted by Crippen LogP contribution is -2.67. The molecule has 0 aromatic carbocycles. The molecule has 8 N–H and O–H groups in total. The number of alkyl halides is 1. The fourth-order valence-corrected chi connectivity index (χ4v) is 3.74. The molecule has 0 amide bonds. The number of aliphatic hydroxyl groups excluding tert-OH is 8. The van der Waals surface area contributed by atoms with Gasteiger partial charge in [-0.15, -0.1) is 0 Å². The van der Waals surface area contributed by atoms with Gasteiger partial charge in [-0.2, -0.15) is 0 Å². The van der Waals surface area contributed by atoms with Gasteiger partial charge >= 0.3 is 0 Å². The minimum absolute atomic E-state index is 0.679.